The molecule has 0 aromatic rings. The summed E-state index contributed by atoms with van der Waals surface area (Å²) in [5.74, 6) is 4.10. The fourth-order valence-electron chi connectivity index (χ4n) is 10.1. The van der Waals surface area contributed by atoms with Crippen molar-refractivity contribution in [2.75, 3.05) is 0 Å². The second-order valence-corrected chi connectivity index (χ2v) is 15.8. The van der Waals surface area contributed by atoms with Crippen LogP contribution in [-0.4, -0.2) is 62.8 Å². The van der Waals surface area contributed by atoms with Gasteiger partial charge in [-0.1, -0.05) is 45.8 Å². The first-order chi connectivity index (χ1) is 18.7. The molecule has 6 heteroatoms. The molecule has 6 nitrogen and oxygen atoms in total. The third-order valence-electron chi connectivity index (χ3n) is 13.2. The van der Waals surface area contributed by atoms with E-state index in [1.807, 2.05) is 13.8 Å². The fraction of sp³-hybridized carbons (Fsp3) is 0.941. The van der Waals surface area contributed by atoms with Gasteiger partial charge in [0.15, 0.2) is 6.29 Å². The highest BCUT2D eigenvalue weighted by Gasteiger charge is 2.59. The molecule has 40 heavy (non-hydrogen) atoms. The van der Waals surface area contributed by atoms with E-state index in [0.29, 0.717) is 17.3 Å². The largest absolute Gasteiger partial charge is 0.390 e. The molecular formula is C34H58O6. The zero-order valence-corrected chi connectivity index (χ0v) is 26.2. The van der Waals surface area contributed by atoms with Gasteiger partial charge in [0.2, 0.25) is 0 Å². The third kappa shape index (κ3) is 5.36. The van der Waals surface area contributed by atoms with Crippen molar-refractivity contribution in [1.82, 2.24) is 0 Å². The van der Waals surface area contributed by atoms with Crippen molar-refractivity contribution in [3.05, 3.63) is 11.6 Å². The highest BCUT2D eigenvalue weighted by Crippen LogP contribution is 2.67. The van der Waals surface area contributed by atoms with E-state index in [1.165, 1.54) is 44.1 Å². The normalized spacial score (nSPS) is 48.9. The van der Waals surface area contributed by atoms with Crippen LogP contribution in [0.25, 0.3) is 0 Å². The molecule has 0 radical (unpaired) electrons. The maximum absolute atomic E-state index is 10.5. The highest BCUT2D eigenvalue weighted by molar-refractivity contribution is 5.25. The molecule has 4 fully saturated rings. The van der Waals surface area contributed by atoms with Gasteiger partial charge in [-0.2, -0.15) is 0 Å². The second kappa shape index (κ2) is 11.2. The van der Waals surface area contributed by atoms with Gasteiger partial charge in [0, 0.05) is 0 Å². The summed E-state index contributed by atoms with van der Waals surface area (Å²) in [7, 11) is 0. The van der Waals surface area contributed by atoms with E-state index in [1.54, 1.807) is 6.92 Å². The number of allylic oxidation sites excluding steroid dienone is 1. The molecule has 1 saturated heterocycles. The lowest BCUT2D eigenvalue weighted by atomic mass is 9.47. The second-order valence-electron chi connectivity index (χ2n) is 15.8. The van der Waals surface area contributed by atoms with Crippen molar-refractivity contribution in [2.24, 2.45) is 46.3 Å². The molecule has 0 aromatic carbocycles. The Morgan fingerprint density at radius 3 is 2.40 bits per heavy atom. The summed E-state index contributed by atoms with van der Waals surface area (Å²) in [6.45, 7) is 15.4. The molecule has 0 bridgehead atoms. The smallest absolute Gasteiger partial charge is 0.186 e. The van der Waals surface area contributed by atoms with Crippen molar-refractivity contribution in [3.63, 3.8) is 0 Å². The maximum Gasteiger partial charge on any atom is 0.186 e. The number of ether oxygens (including phenoxy) is 2. The van der Waals surface area contributed by atoms with Crippen LogP contribution in [0, 0.1) is 46.3 Å². The Balaban J connectivity index is 1.24. The lowest BCUT2D eigenvalue weighted by molar-refractivity contribution is -0.305. The Hall–Kier alpha value is -0.500. The first kappa shape index (κ1) is 30.9. The van der Waals surface area contributed by atoms with Crippen LogP contribution in [0.3, 0.4) is 0 Å². The SMILES string of the molecule is C[C@H](CC[C@H](C)C(C)(C)O)[C@H]1CCC2C3CC=C4C[C@@H](O[C@@H]5O[C@@H](C)[C@@H](O)[C@@H](O)[C@@H]5O)CC[C@]4(C)C3CC[C@@]21C. The van der Waals surface area contributed by atoms with Gasteiger partial charge >= 0.3 is 0 Å². The van der Waals surface area contributed by atoms with Crippen molar-refractivity contribution < 1.29 is 29.9 Å². The fourth-order valence-corrected chi connectivity index (χ4v) is 10.1. The van der Waals surface area contributed by atoms with Crippen LogP contribution in [0.4, 0.5) is 0 Å². The molecule has 5 aliphatic rings. The molecule has 4 aliphatic carbocycles. The quantitative estimate of drug-likeness (QED) is 0.302. The van der Waals surface area contributed by atoms with Gasteiger partial charge in [-0.25, -0.2) is 0 Å². The average Bonchev–Trinajstić information content (AvgIpc) is 3.25. The molecular weight excluding hydrogens is 504 g/mol. The number of rotatable bonds is 7. The lowest BCUT2D eigenvalue weighted by Gasteiger charge is -2.58. The van der Waals surface area contributed by atoms with Crippen LogP contribution in [0.5, 0.6) is 0 Å². The van der Waals surface area contributed by atoms with E-state index in [-0.39, 0.29) is 11.5 Å². The van der Waals surface area contributed by atoms with E-state index >= 15 is 0 Å². The minimum Gasteiger partial charge on any atom is -0.390 e. The highest BCUT2D eigenvalue weighted by atomic mass is 16.7. The predicted octanol–water partition coefficient (Wildman–Crippen LogP) is 5.60. The molecule has 230 valence electrons. The Bertz CT molecular complexity index is 928. The van der Waals surface area contributed by atoms with E-state index in [4.69, 9.17) is 9.47 Å². The van der Waals surface area contributed by atoms with Crippen molar-refractivity contribution in [3.8, 4) is 0 Å². The van der Waals surface area contributed by atoms with Gasteiger partial charge in [-0.3, -0.25) is 0 Å². The molecule has 3 unspecified atom stereocenters. The van der Waals surface area contributed by atoms with Crippen LogP contribution in [-0.2, 0) is 9.47 Å². The molecule has 0 spiro atoms. The van der Waals surface area contributed by atoms with E-state index in [9.17, 15) is 20.4 Å². The topological polar surface area (TPSA) is 99.4 Å². The number of fused-ring (bicyclic) bond motifs is 5. The lowest BCUT2D eigenvalue weighted by Crippen LogP contribution is -2.58. The zero-order valence-electron chi connectivity index (χ0n) is 26.2. The number of aliphatic hydroxyl groups is 4. The van der Waals surface area contributed by atoms with Gasteiger partial charge in [-0.15, -0.1) is 0 Å². The van der Waals surface area contributed by atoms with Crippen molar-refractivity contribution in [1.29, 1.82) is 0 Å². The monoisotopic (exact) mass is 562 g/mol. The average molecular weight is 563 g/mol. The standard InChI is InChI=1S/C34H58O6/c1-19(8-9-20(2)32(4,5)38)25-12-13-26-24-11-10-22-18-23(40-31-30(37)29(36)28(35)21(3)39-31)14-16-33(22,6)27(24)15-17-34(25,26)7/h10,19-21,23-31,35-38H,8-9,11-18H2,1-7H3/t19-,20+,21+,23+,24?,25-,26?,27?,28-,29-,30+,31+,33+,34-/m1/s1. The van der Waals surface area contributed by atoms with Crippen molar-refractivity contribution >= 4 is 0 Å². The Labute approximate surface area is 242 Å². The molecule has 0 aromatic heterocycles. The molecule has 1 aliphatic heterocycles. The molecule has 14 atom stereocenters. The number of hydrogen-bond acceptors (Lipinski definition) is 6. The number of aliphatic hydroxyl groups excluding tert-OH is 3. The summed E-state index contributed by atoms with van der Waals surface area (Å²) < 4.78 is 12.0. The third-order valence-corrected chi connectivity index (χ3v) is 13.2. The van der Waals surface area contributed by atoms with Gasteiger partial charge in [-0.05, 0) is 125 Å². The first-order valence-corrected chi connectivity index (χ1v) is 16.4. The van der Waals surface area contributed by atoms with E-state index < -0.39 is 36.3 Å². The van der Waals surface area contributed by atoms with E-state index in [2.05, 4.69) is 33.8 Å². The van der Waals surface area contributed by atoms with Crippen LogP contribution < -0.4 is 0 Å². The molecule has 3 saturated carbocycles. The minimum absolute atomic E-state index is 0.0398. The summed E-state index contributed by atoms with van der Waals surface area (Å²) in [6.07, 6.45) is 9.15. The Morgan fingerprint density at radius 2 is 1.70 bits per heavy atom. The summed E-state index contributed by atoms with van der Waals surface area (Å²) >= 11 is 0. The van der Waals surface area contributed by atoms with Gasteiger partial charge in [0.05, 0.1) is 17.8 Å². The Morgan fingerprint density at radius 1 is 0.975 bits per heavy atom. The summed E-state index contributed by atoms with van der Waals surface area (Å²) in [4.78, 5) is 0. The van der Waals surface area contributed by atoms with Gasteiger partial charge in [0.25, 0.3) is 0 Å². The number of hydrogen-bond donors (Lipinski definition) is 4. The zero-order chi connectivity index (χ0) is 29.2. The van der Waals surface area contributed by atoms with Crippen LogP contribution in [0.15, 0.2) is 11.6 Å². The molecule has 5 rings (SSSR count). The summed E-state index contributed by atoms with van der Waals surface area (Å²) in [6, 6.07) is 0. The van der Waals surface area contributed by atoms with Gasteiger partial charge in [0.1, 0.15) is 18.3 Å². The predicted molar refractivity (Wildman–Crippen MR) is 156 cm³/mol. The van der Waals surface area contributed by atoms with Crippen LogP contribution in [0.2, 0.25) is 0 Å². The Kier molecular flexibility index (Phi) is 8.67. The van der Waals surface area contributed by atoms with E-state index in [0.717, 1.165) is 49.4 Å². The van der Waals surface area contributed by atoms with Crippen LogP contribution in [0.1, 0.15) is 113 Å². The first-order valence-electron chi connectivity index (χ1n) is 16.4. The minimum atomic E-state index is -1.25. The molecule has 4 N–H and O–H groups in total. The van der Waals surface area contributed by atoms with Crippen LogP contribution >= 0.6 is 0 Å². The van der Waals surface area contributed by atoms with Gasteiger partial charge < -0.3 is 29.9 Å². The summed E-state index contributed by atoms with van der Waals surface area (Å²) in [5.41, 5.74) is 1.56. The summed E-state index contributed by atoms with van der Waals surface area (Å²) in [5, 5.41) is 41.2. The molecule has 0 amide bonds. The van der Waals surface area contributed by atoms with Crippen molar-refractivity contribution in [2.45, 2.75) is 155 Å². The molecule has 1 heterocycles. The maximum atomic E-state index is 10.5.